The highest BCUT2D eigenvalue weighted by atomic mass is 35.5. The summed E-state index contributed by atoms with van der Waals surface area (Å²) >= 11 is 0. The van der Waals surface area contributed by atoms with Gasteiger partial charge in [-0.3, -0.25) is 4.90 Å². The van der Waals surface area contributed by atoms with E-state index in [1.165, 1.54) is 0 Å². The van der Waals surface area contributed by atoms with Gasteiger partial charge < -0.3 is 14.8 Å². The number of hydrogen-bond donors (Lipinski definition) is 1. The number of methoxy groups -OCH3 is 2. The first kappa shape index (κ1) is 18.9. The molecule has 1 aliphatic heterocycles. The summed E-state index contributed by atoms with van der Waals surface area (Å²) in [4.78, 5) is 2.09. The van der Waals surface area contributed by atoms with E-state index >= 15 is 0 Å². The maximum Gasteiger partial charge on any atom is 0.240 e. The van der Waals surface area contributed by atoms with Crippen LogP contribution in [0.25, 0.3) is 0 Å². The van der Waals surface area contributed by atoms with Gasteiger partial charge >= 0.3 is 0 Å². The first-order valence-corrected chi connectivity index (χ1v) is 7.10. The largest absolute Gasteiger partial charge is 0.497 e. The van der Waals surface area contributed by atoms with Crippen LogP contribution in [0.5, 0.6) is 11.5 Å². The van der Waals surface area contributed by atoms with E-state index in [9.17, 15) is 8.78 Å². The molecule has 1 N–H and O–H groups in total. The van der Waals surface area contributed by atoms with Gasteiger partial charge in [-0.15, -0.1) is 12.4 Å². The number of nitrogens with one attached hydrogen (secondary N) is 1. The second kappa shape index (κ2) is 9.12. The van der Waals surface area contributed by atoms with Gasteiger partial charge in [-0.2, -0.15) is 0 Å². The minimum atomic E-state index is -2.35. The molecule has 0 saturated carbocycles. The molecule has 4 nitrogen and oxygen atoms in total. The van der Waals surface area contributed by atoms with Gasteiger partial charge in [0.05, 0.1) is 14.2 Å². The molecule has 0 radical (unpaired) electrons. The minimum absolute atomic E-state index is 0. The lowest BCUT2D eigenvalue weighted by molar-refractivity contribution is 0.0729. The van der Waals surface area contributed by atoms with Crippen molar-refractivity contribution in [1.82, 2.24) is 10.2 Å². The lowest BCUT2D eigenvalue weighted by atomic mass is 10.00. The van der Waals surface area contributed by atoms with E-state index in [1.54, 1.807) is 26.4 Å². The summed E-state index contributed by atoms with van der Waals surface area (Å²) in [6.07, 6.45) is -2.54. The summed E-state index contributed by atoms with van der Waals surface area (Å²) in [5, 5.41) is 3.24. The van der Waals surface area contributed by atoms with Gasteiger partial charge in [-0.05, 0) is 6.07 Å². The molecule has 0 amide bonds. The summed E-state index contributed by atoms with van der Waals surface area (Å²) in [5.74, 6) is 1.25. The Labute approximate surface area is 136 Å². The van der Waals surface area contributed by atoms with Crippen molar-refractivity contribution in [2.45, 2.75) is 18.9 Å². The van der Waals surface area contributed by atoms with E-state index in [1.807, 2.05) is 6.07 Å². The molecule has 7 heteroatoms. The van der Waals surface area contributed by atoms with Crippen molar-refractivity contribution in [3.63, 3.8) is 0 Å². The maximum absolute atomic E-state index is 13.0. The molecule has 1 atom stereocenters. The van der Waals surface area contributed by atoms with Crippen molar-refractivity contribution >= 4 is 12.4 Å². The average molecular weight is 337 g/mol. The van der Waals surface area contributed by atoms with Crippen molar-refractivity contribution in [3.05, 3.63) is 23.8 Å². The quantitative estimate of drug-likeness (QED) is 0.866. The Morgan fingerprint density at radius 1 is 1.18 bits per heavy atom. The third-order valence-corrected chi connectivity index (χ3v) is 3.79. The number of hydrogen-bond acceptors (Lipinski definition) is 4. The second-order valence-electron chi connectivity index (χ2n) is 5.04. The number of benzene rings is 1. The third-order valence-electron chi connectivity index (χ3n) is 3.79. The second-order valence-corrected chi connectivity index (χ2v) is 5.04. The van der Waals surface area contributed by atoms with E-state index in [2.05, 4.69) is 10.2 Å². The van der Waals surface area contributed by atoms with Crippen LogP contribution in [0, 0.1) is 0 Å². The lowest BCUT2D eigenvalue weighted by Crippen LogP contribution is -2.45. The van der Waals surface area contributed by atoms with Crippen LogP contribution >= 0.6 is 12.4 Å². The van der Waals surface area contributed by atoms with Gasteiger partial charge in [-0.25, -0.2) is 8.78 Å². The molecule has 0 aromatic heterocycles. The standard InChI is InChI=1S/C15H22F2N2O2.ClH/c1-20-11-3-4-12(14(9-11)21-2)13(10-15(16)17)19-7-5-18-6-8-19;/h3-4,9,13,15,18H,5-8,10H2,1-2H3;1H/t13-;/m0./s1. The van der Waals surface area contributed by atoms with Crippen molar-refractivity contribution < 1.29 is 18.3 Å². The number of alkyl halides is 2. The van der Waals surface area contributed by atoms with E-state index in [4.69, 9.17) is 9.47 Å². The molecule has 0 spiro atoms. The van der Waals surface area contributed by atoms with Crippen LogP contribution in [0.3, 0.4) is 0 Å². The zero-order valence-corrected chi connectivity index (χ0v) is 13.7. The summed E-state index contributed by atoms with van der Waals surface area (Å²) in [6.45, 7) is 3.15. The van der Waals surface area contributed by atoms with Crippen LogP contribution in [0.1, 0.15) is 18.0 Å². The van der Waals surface area contributed by atoms with E-state index in [-0.39, 0.29) is 24.9 Å². The van der Waals surface area contributed by atoms with Gasteiger partial charge in [0.1, 0.15) is 11.5 Å². The number of piperazine rings is 1. The van der Waals surface area contributed by atoms with Crippen LogP contribution in [0.4, 0.5) is 8.78 Å². The van der Waals surface area contributed by atoms with Crippen LogP contribution in [-0.4, -0.2) is 51.7 Å². The molecule has 0 aliphatic carbocycles. The molecule has 22 heavy (non-hydrogen) atoms. The monoisotopic (exact) mass is 336 g/mol. The fraction of sp³-hybridized carbons (Fsp3) is 0.600. The Balaban J connectivity index is 0.00000242. The van der Waals surface area contributed by atoms with Crippen LogP contribution in [-0.2, 0) is 0 Å². The smallest absolute Gasteiger partial charge is 0.240 e. The molecule has 126 valence electrons. The first-order valence-electron chi connectivity index (χ1n) is 7.10. The molecule has 1 aliphatic rings. The van der Waals surface area contributed by atoms with Gasteiger partial charge in [-0.1, -0.05) is 6.07 Å². The molecule has 1 heterocycles. The van der Waals surface area contributed by atoms with Gasteiger partial charge in [0.2, 0.25) is 6.43 Å². The predicted octanol–water partition coefficient (Wildman–Crippen LogP) is 2.73. The SMILES string of the molecule is COc1ccc([C@H](CC(F)F)N2CCNCC2)c(OC)c1.Cl. The van der Waals surface area contributed by atoms with Crippen LogP contribution in [0.15, 0.2) is 18.2 Å². The zero-order valence-electron chi connectivity index (χ0n) is 12.9. The molecular weight excluding hydrogens is 314 g/mol. The normalized spacial score (nSPS) is 17.0. The van der Waals surface area contributed by atoms with Crippen molar-refractivity contribution in [3.8, 4) is 11.5 Å². The number of nitrogens with zero attached hydrogens (tertiary/aromatic N) is 1. The third kappa shape index (κ3) is 4.69. The average Bonchev–Trinajstić information content (AvgIpc) is 2.52. The zero-order chi connectivity index (χ0) is 15.2. The Hall–Kier alpha value is -1.11. The van der Waals surface area contributed by atoms with Gasteiger partial charge in [0.15, 0.2) is 0 Å². The first-order chi connectivity index (χ1) is 10.2. The van der Waals surface area contributed by atoms with E-state index in [0.717, 1.165) is 31.7 Å². The molecule has 0 bridgehead atoms. The Morgan fingerprint density at radius 2 is 1.86 bits per heavy atom. The highest BCUT2D eigenvalue weighted by molar-refractivity contribution is 5.85. The fourth-order valence-corrected chi connectivity index (χ4v) is 2.73. The number of halogens is 3. The Morgan fingerprint density at radius 3 is 2.41 bits per heavy atom. The molecular formula is C15H23ClF2N2O2. The van der Waals surface area contributed by atoms with Gasteiger partial charge in [0.25, 0.3) is 0 Å². The van der Waals surface area contributed by atoms with Gasteiger partial charge in [0, 0.05) is 50.3 Å². The fourth-order valence-electron chi connectivity index (χ4n) is 2.73. The Bertz CT molecular complexity index is 457. The topological polar surface area (TPSA) is 33.7 Å². The molecule has 0 unspecified atom stereocenters. The Kier molecular flexibility index (Phi) is 7.85. The summed E-state index contributed by atoms with van der Waals surface area (Å²) < 4.78 is 36.5. The number of ether oxygens (including phenoxy) is 2. The van der Waals surface area contributed by atoms with Crippen LogP contribution in [0.2, 0.25) is 0 Å². The summed E-state index contributed by atoms with van der Waals surface area (Å²) in [5.41, 5.74) is 0.792. The molecule has 1 saturated heterocycles. The highest BCUT2D eigenvalue weighted by Gasteiger charge is 2.27. The summed E-state index contributed by atoms with van der Waals surface area (Å²) in [7, 11) is 3.12. The van der Waals surface area contributed by atoms with Crippen molar-refractivity contribution in [2.24, 2.45) is 0 Å². The molecule has 2 rings (SSSR count). The maximum atomic E-state index is 13.0. The molecule has 1 aromatic rings. The van der Waals surface area contributed by atoms with Crippen molar-refractivity contribution in [1.29, 1.82) is 0 Å². The highest BCUT2D eigenvalue weighted by Crippen LogP contribution is 2.36. The molecule has 1 fully saturated rings. The molecule has 1 aromatic carbocycles. The summed E-state index contributed by atoms with van der Waals surface area (Å²) in [6, 6.07) is 5.02. The lowest BCUT2D eigenvalue weighted by Gasteiger charge is -2.35. The van der Waals surface area contributed by atoms with E-state index < -0.39 is 6.43 Å². The minimum Gasteiger partial charge on any atom is -0.497 e. The number of rotatable bonds is 6. The van der Waals surface area contributed by atoms with E-state index in [0.29, 0.717) is 11.5 Å². The predicted molar refractivity (Wildman–Crippen MR) is 84.6 cm³/mol. The van der Waals surface area contributed by atoms with Crippen LogP contribution < -0.4 is 14.8 Å². The van der Waals surface area contributed by atoms with Crippen molar-refractivity contribution in [2.75, 3.05) is 40.4 Å².